The molecule has 1 aromatic carbocycles. The van der Waals surface area contributed by atoms with Gasteiger partial charge in [-0.15, -0.1) is 0 Å². The van der Waals surface area contributed by atoms with E-state index in [0.717, 1.165) is 17.3 Å². The maximum absolute atomic E-state index is 12.9. The average molecular weight is 322 g/mol. The van der Waals surface area contributed by atoms with Crippen LogP contribution < -0.4 is 0 Å². The predicted octanol–water partition coefficient (Wildman–Crippen LogP) is 1.66. The summed E-state index contributed by atoms with van der Waals surface area (Å²) in [5, 5.41) is -0.220. The number of carbonyl (C=O) groups is 3. The third kappa shape index (κ3) is 2.99. The van der Waals surface area contributed by atoms with Crippen LogP contribution in [-0.4, -0.2) is 51.7 Å². The summed E-state index contributed by atoms with van der Waals surface area (Å²) in [4.78, 5) is 38.6. The van der Waals surface area contributed by atoms with Crippen LogP contribution in [0.3, 0.4) is 0 Å². The molecule has 1 atom stereocenters. The molecule has 0 aromatic heterocycles. The normalized spacial score (nSPS) is 21.8. The van der Waals surface area contributed by atoms with E-state index in [1.165, 1.54) is 17.0 Å². The fourth-order valence-corrected chi connectivity index (χ4v) is 3.56. The van der Waals surface area contributed by atoms with Crippen molar-refractivity contribution in [1.82, 2.24) is 9.80 Å². The molecule has 0 radical (unpaired) electrons. The quantitative estimate of drug-likeness (QED) is 0.849. The molecule has 0 saturated carbocycles. The molecule has 22 heavy (non-hydrogen) atoms. The predicted molar refractivity (Wildman–Crippen MR) is 79.8 cm³/mol. The molecule has 5 nitrogen and oxygen atoms in total. The number of amides is 3. The SMILES string of the molecule is O=C(Cc1ccc(F)cc1)N1CC[C@@H](N2C(=O)CSC2=O)C1. The molecule has 0 N–H and O–H groups in total. The van der Waals surface area contributed by atoms with Gasteiger partial charge in [-0.3, -0.25) is 19.3 Å². The second kappa shape index (κ2) is 6.08. The van der Waals surface area contributed by atoms with E-state index in [2.05, 4.69) is 0 Å². The molecular weight excluding hydrogens is 307 g/mol. The van der Waals surface area contributed by atoms with Crippen molar-refractivity contribution in [3.63, 3.8) is 0 Å². The highest BCUT2D eigenvalue weighted by Crippen LogP contribution is 2.26. The van der Waals surface area contributed by atoms with E-state index in [1.54, 1.807) is 17.0 Å². The summed E-state index contributed by atoms with van der Waals surface area (Å²) >= 11 is 1.01. The van der Waals surface area contributed by atoms with Crippen LogP contribution in [-0.2, 0) is 16.0 Å². The van der Waals surface area contributed by atoms with Gasteiger partial charge < -0.3 is 4.90 Å². The Hall–Kier alpha value is -1.89. The maximum Gasteiger partial charge on any atom is 0.289 e. The van der Waals surface area contributed by atoms with Gasteiger partial charge in [0, 0.05) is 13.1 Å². The van der Waals surface area contributed by atoms with E-state index in [4.69, 9.17) is 0 Å². The van der Waals surface area contributed by atoms with E-state index in [1.807, 2.05) is 0 Å². The van der Waals surface area contributed by atoms with E-state index in [-0.39, 0.29) is 41.1 Å². The molecule has 7 heteroatoms. The summed E-state index contributed by atoms with van der Waals surface area (Å²) in [6, 6.07) is 5.62. The van der Waals surface area contributed by atoms with E-state index >= 15 is 0 Å². The summed E-state index contributed by atoms with van der Waals surface area (Å²) in [6.07, 6.45) is 0.816. The van der Waals surface area contributed by atoms with Gasteiger partial charge in [0.25, 0.3) is 5.24 Å². The topological polar surface area (TPSA) is 57.7 Å². The Morgan fingerprint density at radius 1 is 1.27 bits per heavy atom. The van der Waals surface area contributed by atoms with Crippen molar-refractivity contribution < 1.29 is 18.8 Å². The molecule has 3 rings (SSSR count). The molecule has 2 heterocycles. The second-order valence-corrected chi connectivity index (χ2v) is 6.33. The summed E-state index contributed by atoms with van der Waals surface area (Å²) in [6.45, 7) is 0.921. The highest BCUT2D eigenvalue weighted by molar-refractivity contribution is 8.14. The smallest absolute Gasteiger partial charge is 0.289 e. The van der Waals surface area contributed by atoms with Crippen LogP contribution in [0.25, 0.3) is 0 Å². The lowest BCUT2D eigenvalue weighted by atomic mass is 10.1. The number of nitrogens with zero attached hydrogens (tertiary/aromatic N) is 2. The molecule has 116 valence electrons. The van der Waals surface area contributed by atoms with Gasteiger partial charge in [-0.2, -0.15) is 0 Å². The Kier molecular flexibility index (Phi) is 4.15. The molecule has 0 aliphatic carbocycles. The molecule has 1 aromatic rings. The number of benzene rings is 1. The van der Waals surface area contributed by atoms with Crippen molar-refractivity contribution in [3.05, 3.63) is 35.6 Å². The van der Waals surface area contributed by atoms with Crippen LogP contribution >= 0.6 is 11.8 Å². The molecular formula is C15H15FN2O3S. The first-order chi connectivity index (χ1) is 10.5. The highest BCUT2D eigenvalue weighted by Gasteiger charge is 2.40. The molecule has 2 fully saturated rings. The lowest BCUT2D eigenvalue weighted by Crippen LogP contribution is -2.41. The molecule has 0 spiro atoms. The molecule has 3 amide bonds. The largest absolute Gasteiger partial charge is 0.340 e. The van der Waals surface area contributed by atoms with E-state index < -0.39 is 0 Å². The van der Waals surface area contributed by atoms with Crippen LogP contribution in [0.4, 0.5) is 9.18 Å². The van der Waals surface area contributed by atoms with Crippen molar-refractivity contribution in [3.8, 4) is 0 Å². The van der Waals surface area contributed by atoms with Crippen molar-refractivity contribution >= 4 is 28.8 Å². The summed E-state index contributed by atoms with van der Waals surface area (Å²) in [7, 11) is 0. The number of hydrogen-bond donors (Lipinski definition) is 0. The van der Waals surface area contributed by atoms with Gasteiger partial charge >= 0.3 is 0 Å². The minimum atomic E-state index is -0.332. The van der Waals surface area contributed by atoms with Crippen molar-refractivity contribution in [1.29, 1.82) is 0 Å². The molecule has 2 aliphatic heterocycles. The van der Waals surface area contributed by atoms with Gasteiger partial charge in [0.1, 0.15) is 5.82 Å². The number of imide groups is 1. The third-order valence-corrected chi connectivity index (χ3v) is 4.77. The maximum atomic E-state index is 12.9. The minimum absolute atomic E-state index is 0.0687. The molecule has 0 bridgehead atoms. The Bertz CT molecular complexity index is 604. The minimum Gasteiger partial charge on any atom is -0.340 e. The zero-order valence-electron chi connectivity index (χ0n) is 11.8. The van der Waals surface area contributed by atoms with E-state index in [0.29, 0.717) is 19.5 Å². The Morgan fingerprint density at radius 3 is 2.64 bits per heavy atom. The van der Waals surface area contributed by atoms with Crippen LogP contribution in [0.15, 0.2) is 24.3 Å². The lowest BCUT2D eigenvalue weighted by molar-refractivity contribution is -0.131. The molecule has 0 unspecified atom stereocenters. The van der Waals surface area contributed by atoms with E-state index in [9.17, 15) is 18.8 Å². The van der Waals surface area contributed by atoms with Crippen molar-refractivity contribution in [2.75, 3.05) is 18.8 Å². The first-order valence-electron chi connectivity index (χ1n) is 7.05. The number of likely N-dealkylation sites (tertiary alicyclic amines) is 1. The van der Waals surface area contributed by atoms with Crippen LogP contribution in [0.5, 0.6) is 0 Å². The van der Waals surface area contributed by atoms with Gasteiger partial charge in [0.05, 0.1) is 18.2 Å². The Balaban J connectivity index is 1.60. The zero-order valence-corrected chi connectivity index (χ0v) is 12.6. The Labute approximate surface area is 131 Å². The third-order valence-electron chi connectivity index (χ3n) is 3.93. The molecule has 2 aliphatic rings. The van der Waals surface area contributed by atoms with Crippen LogP contribution in [0.1, 0.15) is 12.0 Å². The van der Waals surface area contributed by atoms with Gasteiger partial charge in [0.2, 0.25) is 11.8 Å². The van der Waals surface area contributed by atoms with Gasteiger partial charge in [-0.25, -0.2) is 4.39 Å². The van der Waals surface area contributed by atoms with Crippen LogP contribution in [0.2, 0.25) is 0 Å². The molecule has 2 saturated heterocycles. The highest BCUT2D eigenvalue weighted by atomic mass is 32.2. The zero-order chi connectivity index (χ0) is 15.7. The lowest BCUT2D eigenvalue weighted by Gasteiger charge is -2.22. The first kappa shape index (κ1) is 15.0. The Morgan fingerprint density at radius 2 is 2.00 bits per heavy atom. The van der Waals surface area contributed by atoms with Gasteiger partial charge in [0.15, 0.2) is 0 Å². The fraction of sp³-hybridized carbons (Fsp3) is 0.400. The van der Waals surface area contributed by atoms with Crippen LogP contribution in [0, 0.1) is 5.82 Å². The first-order valence-corrected chi connectivity index (χ1v) is 8.04. The summed E-state index contributed by atoms with van der Waals surface area (Å²) < 4.78 is 12.9. The number of halogens is 1. The second-order valence-electron chi connectivity index (χ2n) is 5.40. The van der Waals surface area contributed by atoms with Crippen molar-refractivity contribution in [2.24, 2.45) is 0 Å². The summed E-state index contributed by atoms with van der Waals surface area (Å²) in [5.41, 5.74) is 0.749. The fourth-order valence-electron chi connectivity index (χ4n) is 2.78. The summed E-state index contributed by atoms with van der Waals surface area (Å²) in [5.74, 6) is -0.381. The number of rotatable bonds is 3. The number of carbonyl (C=O) groups excluding carboxylic acids is 3. The standard InChI is InChI=1S/C15H15FN2O3S/c16-11-3-1-10(2-4-11)7-13(19)17-6-5-12(8-17)18-14(20)9-22-15(18)21/h1-4,12H,5-9H2/t12-/m1/s1. The van der Waals surface area contributed by atoms with Gasteiger partial charge in [-0.1, -0.05) is 23.9 Å². The van der Waals surface area contributed by atoms with Crippen molar-refractivity contribution in [2.45, 2.75) is 18.9 Å². The monoisotopic (exact) mass is 322 g/mol. The number of thioether (sulfide) groups is 1. The van der Waals surface area contributed by atoms with Gasteiger partial charge in [-0.05, 0) is 24.1 Å². The number of hydrogen-bond acceptors (Lipinski definition) is 4. The average Bonchev–Trinajstić information content (AvgIpc) is 3.08.